The Labute approximate surface area is 107 Å². The van der Waals surface area contributed by atoms with Crippen molar-refractivity contribution in [2.24, 2.45) is 5.73 Å². The van der Waals surface area contributed by atoms with Crippen molar-refractivity contribution < 1.29 is 0 Å². The molecule has 0 aliphatic heterocycles. The van der Waals surface area contributed by atoms with E-state index in [9.17, 15) is 0 Å². The fraction of sp³-hybridized carbons (Fsp3) is 0.182. The smallest absolute Gasteiger partial charge is 0.0832 e. The second kappa shape index (κ2) is 4.57. The number of benzene rings is 1. The minimum Gasteiger partial charge on any atom is -0.324 e. The van der Waals surface area contributed by atoms with Crippen molar-refractivity contribution in [3.63, 3.8) is 0 Å². The molecule has 0 saturated heterocycles. The Balaban J connectivity index is 2.44. The molecule has 1 aromatic heterocycles. The molecular formula is C11H11BrClN3. The van der Waals surface area contributed by atoms with E-state index in [1.165, 1.54) is 0 Å². The van der Waals surface area contributed by atoms with Crippen molar-refractivity contribution in [3.8, 4) is 5.69 Å². The number of hydrogen-bond donors (Lipinski definition) is 1. The number of aromatic nitrogens is 2. The van der Waals surface area contributed by atoms with Crippen molar-refractivity contribution in [3.05, 3.63) is 45.7 Å². The van der Waals surface area contributed by atoms with Gasteiger partial charge in [0.05, 0.1) is 21.4 Å². The Morgan fingerprint density at radius 2 is 2.25 bits per heavy atom. The summed E-state index contributed by atoms with van der Waals surface area (Å²) in [5.74, 6) is 0. The summed E-state index contributed by atoms with van der Waals surface area (Å²) in [4.78, 5) is 0. The zero-order chi connectivity index (χ0) is 11.7. The molecule has 0 spiro atoms. The van der Waals surface area contributed by atoms with Gasteiger partial charge in [0.15, 0.2) is 0 Å². The van der Waals surface area contributed by atoms with Gasteiger partial charge in [0, 0.05) is 12.2 Å². The van der Waals surface area contributed by atoms with Gasteiger partial charge in [-0.25, -0.2) is 4.68 Å². The minimum absolute atomic E-state index is 0.0177. The third kappa shape index (κ3) is 2.29. The van der Waals surface area contributed by atoms with Gasteiger partial charge in [0.25, 0.3) is 0 Å². The van der Waals surface area contributed by atoms with Crippen molar-refractivity contribution in [2.45, 2.75) is 13.0 Å². The van der Waals surface area contributed by atoms with E-state index in [-0.39, 0.29) is 6.04 Å². The van der Waals surface area contributed by atoms with Gasteiger partial charge < -0.3 is 5.73 Å². The topological polar surface area (TPSA) is 43.8 Å². The van der Waals surface area contributed by atoms with Crippen molar-refractivity contribution in [1.29, 1.82) is 0 Å². The highest BCUT2D eigenvalue weighted by Crippen LogP contribution is 2.24. The Bertz CT molecular complexity index is 508. The Kier molecular flexibility index (Phi) is 3.33. The highest BCUT2D eigenvalue weighted by Gasteiger charge is 2.07. The summed E-state index contributed by atoms with van der Waals surface area (Å²) in [6.07, 6.45) is 3.57. The summed E-state index contributed by atoms with van der Waals surface area (Å²) in [7, 11) is 0. The van der Waals surface area contributed by atoms with E-state index >= 15 is 0 Å². The number of nitrogens with zero attached hydrogens (tertiary/aromatic N) is 2. The third-order valence-electron chi connectivity index (χ3n) is 2.30. The highest BCUT2D eigenvalue weighted by molar-refractivity contribution is 9.10. The molecule has 1 heterocycles. The molecule has 3 nitrogen and oxygen atoms in total. The summed E-state index contributed by atoms with van der Waals surface area (Å²) >= 11 is 9.53. The van der Waals surface area contributed by atoms with E-state index in [4.69, 9.17) is 17.3 Å². The van der Waals surface area contributed by atoms with Crippen LogP contribution in [-0.4, -0.2) is 9.78 Å². The molecule has 2 rings (SSSR count). The van der Waals surface area contributed by atoms with E-state index in [1.54, 1.807) is 10.9 Å². The fourth-order valence-electron chi connectivity index (χ4n) is 1.42. The maximum absolute atomic E-state index is 6.19. The second-order valence-electron chi connectivity index (χ2n) is 3.60. The van der Waals surface area contributed by atoms with Crippen molar-refractivity contribution >= 4 is 27.5 Å². The zero-order valence-corrected chi connectivity index (χ0v) is 11.0. The number of hydrogen-bond acceptors (Lipinski definition) is 2. The molecule has 5 heteroatoms. The second-order valence-corrected chi connectivity index (χ2v) is 4.93. The first kappa shape index (κ1) is 11.6. The Morgan fingerprint density at radius 1 is 1.50 bits per heavy atom. The lowest BCUT2D eigenvalue weighted by Gasteiger charge is -2.09. The van der Waals surface area contributed by atoms with E-state index in [1.807, 2.05) is 31.3 Å². The monoisotopic (exact) mass is 299 g/mol. The van der Waals surface area contributed by atoms with Crippen LogP contribution in [0.5, 0.6) is 0 Å². The molecule has 0 fully saturated rings. The maximum atomic E-state index is 6.19. The third-order valence-corrected chi connectivity index (χ3v) is 3.01. The molecule has 0 radical (unpaired) electrons. The number of nitrogens with two attached hydrogens (primary N) is 1. The van der Waals surface area contributed by atoms with Gasteiger partial charge in [-0.1, -0.05) is 17.7 Å². The lowest BCUT2D eigenvalue weighted by atomic mass is 10.1. The van der Waals surface area contributed by atoms with Gasteiger partial charge in [-0.05, 0) is 40.5 Å². The largest absolute Gasteiger partial charge is 0.324 e. The Hall–Kier alpha value is -0.840. The van der Waals surface area contributed by atoms with Crippen LogP contribution in [0.4, 0.5) is 0 Å². The zero-order valence-electron chi connectivity index (χ0n) is 8.69. The van der Waals surface area contributed by atoms with E-state index in [0.29, 0.717) is 5.02 Å². The van der Waals surface area contributed by atoms with Crippen molar-refractivity contribution in [2.75, 3.05) is 0 Å². The molecule has 0 bridgehead atoms. The first-order chi connectivity index (χ1) is 7.58. The molecule has 2 aromatic rings. The first-order valence-electron chi connectivity index (χ1n) is 4.83. The molecule has 0 saturated carbocycles. The van der Waals surface area contributed by atoms with Gasteiger partial charge in [-0.2, -0.15) is 5.10 Å². The highest BCUT2D eigenvalue weighted by atomic mass is 79.9. The molecule has 1 atom stereocenters. The maximum Gasteiger partial charge on any atom is 0.0832 e. The lowest BCUT2D eigenvalue weighted by molar-refractivity contribution is 0.814. The predicted octanol–water partition coefficient (Wildman–Crippen LogP) is 3.31. The average molecular weight is 301 g/mol. The van der Waals surface area contributed by atoms with E-state index < -0.39 is 0 Å². The molecule has 2 N–H and O–H groups in total. The van der Waals surface area contributed by atoms with Gasteiger partial charge >= 0.3 is 0 Å². The normalized spacial score (nSPS) is 12.8. The lowest BCUT2D eigenvalue weighted by Crippen LogP contribution is -2.05. The Morgan fingerprint density at radius 3 is 2.75 bits per heavy atom. The first-order valence-corrected chi connectivity index (χ1v) is 6.00. The van der Waals surface area contributed by atoms with Crippen LogP contribution in [0, 0.1) is 0 Å². The quantitative estimate of drug-likeness (QED) is 0.924. The number of rotatable bonds is 2. The van der Waals surface area contributed by atoms with Gasteiger partial charge in [-0.15, -0.1) is 0 Å². The predicted molar refractivity (Wildman–Crippen MR) is 68.9 cm³/mol. The van der Waals surface area contributed by atoms with Crippen LogP contribution in [0.2, 0.25) is 5.02 Å². The molecule has 0 aliphatic rings. The van der Waals surface area contributed by atoms with Crippen LogP contribution in [0.3, 0.4) is 0 Å². The van der Waals surface area contributed by atoms with Crippen LogP contribution in [0.1, 0.15) is 18.5 Å². The van der Waals surface area contributed by atoms with Gasteiger partial charge in [0.2, 0.25) is 0 Å². The SMILES string of the molecule is CC(N)c1ccc(-n2cc(Br)cn2)c(Cl)c1. The molecule has 16 heavy (non-hydrogen) atoms. The van der Waals surface area contributed by atoms with Gasteiger partial charge in [0.1, 0.15) is 0 Å². The summed E-state index contributed by atoms with van der Waals surface area (Å²) in [6, 6.07) is 5.73. The molecule has 84 valence electrons. The van der Waals surface area contributed by atoms with E-state index in [0.717, 1.165) is 15.7 Å². The van der Waals surface area contributed by atoms with Crippen LogP contribution >= 0.6 is 27.5 Å². The molecule has 0 amide bonds. The van der Waals surface area contributed by atoms with Gasteiger partial charge in [-0.3, -0.25) is 0 Å². The van der Waals surface area contributed by atoms with Crippen molar-refractivity contribution in [1.82, 2.24) is 9.78 Å². The van der Waals surface area contributed by atoms with E-state index in [2.05, 4.69) is 21.0 Å². The van der Waals surface area contributed by atoms with Crippen LogP contribution in [0.15, 0.2) is 35.1 Å². The van der Waals surface area contributed by atoms with Crippen LogP contribution in [-0.2, 0) is 0 Å². The summed E-state index contributed by atoms with van der Waals surface area (Å²) in [5.41, 5.74) is 7.64. The fourth-order valence-corrected chi connectivity index (χ4v) is 1.99. The summed E-state index contributed by atoms with van der Waals surface area (Å²) in [6.45, 7) is 1.93. The molecular weight excluding hydrogens is 289 g/mol. The molecule has 0 aliphatic carbocycles. The van der Waals surface area contributed by atoms with Crippen LogP contribution < -0.4 is 5.73 Å². The molecule has 1 aromatic carbocycles. The number of halogens is 2. The summed E-state index contributed by atoms with van der Waals surface area (Å²) in [5, 5.41) is 4.82. The summed E-state index contributed by atoms with van der Waals surface area (Å²) < 4.78 is 2.64. The standard InChI is InChI=1S/C11H11BrClN3/c1-7(14)8-2-3-11(10(13)4-8)16-6-9(12)5-15-16/h2-7H,14H2,1H3. The molecule has 1 unspecified atom stereocenters. The minimum atomic E-state index is -0.0177. The van der Waals surface area contributed by atoms with Crippen LogP contribution in [0.25, 0.3) is 5.69 Å². The average Bonchev–Trinajstić information content (AvgIpc) is 2.64.